The van der Waals surface area contributed by atoms with Crippen molar-refractivity contribution in [2.75, 3.05) is 6.61 Å². The van der Waals surface area contributed by atoms with Crippen molar-refractivity contribution >= 4 is 29.1 Å². The molecule has 46 heavy (non-hydrogen) atoms. The van der Waals surface area contributed by atoms with Crippen molar-refractivity contribution < 1.29 is 36.7 Å². The maximum absolute atomic E-state index is 13.2. The van der Waals surface area contributed by atoms with Gasteiger partial charge in [0.2, 0.25) is 11.7 Å². The number of aromatic nitrogens is 3. The van der Waals surface area contributed by atoms with Gasteiger partial charge in [0.15, 0.2) is 6.10 Å². The summed E-state index contributed by atoms with van der Waals surface area (Å²) >= 11 is 2.98. The SMILES string of the molecule is CCOC(=O)C(C)Oc1ccc(SCc2sc(-c3ccc(C(F)(F)F)cc3)nc2COc2cccc(-c3noc(C)n3)c2)cc1C. The number of hydrogen-bond donors (Lipinski definition) is 0. The second-order valence-electron chi connectivity index (χ2n) is 10.1. The van der Waals surface area contributed by atoms with E-state index in [0.29, 0.717) is 45.2 Å². The third kappa shape index (κ3) is 8.26. The van der Waals surface area contributed by atoms with Crippen molar-refractivity contribution in [1.29, 1.82) is 0 Å². The number of aryl methyl sites for hydroxylation is 2. The molecule has 0 aliphatic rings. The van der Waals surface area contributed by atoms with Gasteiger partial charge in [0.25, 0.3) is 0 Å². The van der Waals surface area contributed by atoms with Gasteiger partial charge in [-0.3, -0.25) is 0 Å². The van der Waals surface area contributed by atoms with Gasteiger partial charge in [-0.15, -0.1) is 23.1 Å². The zero-order chi connectivity index (χ0) is 32.8. The van der Waals surface area contributed by atoms with Gasteiger partial charge in [-0.05, 0) is 68.8 Å². The van der Waals surface area contributed by atoms with Crippen LogP contribution in [0.25, 0.3) is 22.0 Å². The minimum absolute atomic E-state index is 0.138. The minimum atomic E-state index is -4.42. The number of thioether (sulfide) groups is 1. The average molecular weight is 670 g/mol. The van der Waals surface area contributed by atoms with Crippen molar-refractivity contribution in [2.24, 2.45) is 0 Å². The molecule has 0 saturated heterocycles. The molecule has 5 aromatic rings. The first kappa shape index (κ1) is 33.0. The molecule has 0 N–H and O–H groups in total. The highest BCUT2D eigenvalue weighted by Crippen LogP contribution is 2.37. The Balaban J connectivity index is 1.35. The average Bonchev–Trinajstić information content (AvgIpc) is 3.66. The van der Waals surface area contributed by atoms with E-state index in [1.165, 1.54) is 23.5 Å². The zero-order valence-electron chi connectivity index (χ0n) is 25.4. The largest absolute Gasteiger partial charge is 0.487 e. The van der Waals surface area contributed by atoms with Crippen LogP contribution in [0.3, 0.4) is 0 Å². The molecule has 1 unspecified atom stereocenters. The monoisotopic (exact) mass is 669 g/mol. The molecule has 0 aliphatic heterocycles. The Hall–Kier alpha value is -4.36. The lowest BCUT2D eigenvalue weighted by Gasteiger charge is -2.15. The van der Waals surface area contributed by atoms with Crippen LogP contribution in [0.1, 0.15) is 41.4 Å². The lowest BCUT2D eigenvalue weighted by Crippen LogP contribution is -2.26. The van der Waals surface area contributed by atoms with Gasteiger partial charge in [-0.25, -0.2) is 9.78 Å². The van der Waals surface area contributed by atoms with E-state index in [-0.39, 0.29) is 13.2 Å². The number of thiazole rings is 1. The summed E-state index contributed by atoms with van der Waals surface area (Å²) in [4.78, 5) is 22.9. The van der Waals surface area contributed by atoms with E-state index < -0.39 is 23.8 Å². The predicted octanol–water partition coefficient (Wildman–Crippen LogP) is 8.70. The molecule has 13 heteroatoms. The van der Waals surface area contributed by atoms with Gasteiger partial charge in [0, 0.05) is 33.6 Å². The molecular formula is C33H30F3N3O5S2. The number of carbonyl (C=O) groups excluding carboxylic acids is 1. The minimum Gasteiger partial charge on any atom is -0.487 e. The number of carbonyl (C=O) groups is 1. The fourth-order valence-electron chi connectivity index (χ4n) is 4.32. The van der Waals surface area contributed by atoms with Gasteiger partial charge in [-0.1, -0.05) is 29.4 Å². The first-order valence-electron chi connectivity index (χ1n) is 14.3. The molecule has 0 radical (unpaired) electrons. The van der Waals surface area contributed by atoms with Crippen LogP contribution in [0.15, 0.2) is 76.1 Å². The summed E-state index contributed by atoms with van der Waals surface area (Å²) in [5, 5.41) is 4.55. The van der Waals surface area contributed by atoms with E-state index in [4.69, 9.17) is 23.7 Å². The Morgan fingerprint density at radius 3 is 2.48 bits per heavy atom. The lowest BCUT2D eigenvalue weighted by atomic mass is 10.1. The Labute approximate surface area is 271 Å². The number of ether oxygens (including phenoxy) is 3. The summed E-state index contributed by atoms with van der Waals surface area (Å²) in [7, 11) is 0. The predicted molar refractivity (Wildman–Crippen MR) is 169 cm³/mol. The number of rotatable bonds is 12. The van der Waals surface area contributed by atoms with Gasteiger partial charge in [0.1, 0.15) is 23.1 Å². The molecule has 2 aromatic heterocycles. The lowest BCUT2D eigenvalue weighted by molar-refractivity contribution is -0.150. The van der Waals surface area contributed by atoms with E-state index in [9.17, 15) is 18.0 Å². The third-order valence-corrected chi connectivity index (χ3v) is 9.02. The Bertz CT molecular complexity index is 1810. The fourth-order valence-corrected chi connectivity index (χ4v) is 6.49. The maximum Gasteiger partial charge on any atom is 0.416 e. The molecule has 5 rings (SSSR count). The summed E-state index contributed by atoms with van der Waals surface area (Å²) in [5.74, 6) is 2.16. The maximum atomic E-state index is 13.2. The quantitative estimate of drug-likeness (QED) is 0.0955. The zero-order valence-corrected chi connectivity index (χ0v) is 27.0. The van der Waals surface area contributed by atoms with Crippen molar-refractivity contribution in [3.63, 3.8) is 0 Å². The third-order valence-electron chi connectivity index (χ3n) is 6.67. The van der Waals surface area contributed by atoms with Crippen molar-refractivity contribution in [3.05, 3.63) is 94.3 Å². The van der Waals surface area contributed by atoms with E-state index in [1.807, 2.05) is 43.3 Å². The standard InChI is InChI=1S/C33H30F3N3O5S2/c1-5-41-32(40)20(3)43-28-14-13-26(15-19(28)2)45-18-29-27(38-31(46-29)22-9-11-24(12-10-22)33(34,35)36)17-42-25-8-6-7-23(16-25)30-37-21(4)44-39-30/h6-16,20H,5,17-18H2,1-4H3. The molecular weight excluding hydrogens is 640 g/mol. The summed E-state index contributed by atoms with van der Waals surface area (Å²) in [6.07, 6.45) is -5.16. The Morgan fingerprint density at radius 1 is 1.02 bits per heavy atom. The van der Waals surface area contributed by atoms with Crippen LogP contribution in [0, 0.1) is 13.8 Å². The smallest absolute Gasteiger partial charge is 0.416 e. The molecule has 8 nitrogen and oxygen atoms in total. The van der Waals surface area contributed by atoms with Crippen LogP contribution in [-0.2, 0) is 28.1 Å². The molecule has 0 spiro atoms. The fraction of sp³-hybridized carbons (Fsp3) is 0.273. The molecule has 0 fully saturated rings. The van der Waals surface area contributed by atoms with Crippen molar-refractivity contribution in [3.8, 4) is 33.5 Å². The van der Waals surface area contributed by atoms with Crippen molar-refractivity contribution in [1.82, 2.24) is 15.1 Å². The summed E-state index contributed by atoms with van der Waals surface area (Å²) in [6, 6.07) is 17.9. The Morgan fingerprint density at radius 2 is 1.80 bits per heavy atom. The normalized spacial score (nSPS) is 12.2. The van der Waals surface area contributed by atoms with Crippen LogP contribution >= 0.6 is 23.1 Å². The summed E-state index contributed by atoms with van der Waals surface area (Å²) < 4.78 is 61.5. The second-order valence-corrected chi connectivity index (χ2v) is 12.3. The highest BCUT2D eigenvalue weighted by Gasteiger charge is 2.30. The molecule has 1 atom stereocenters. The van der Waals surface area contributed by atoms with Gasteiger partial charge < -0.3 is 18.7 Å². The van der Waals surface area contributed by atoms with E-state index in [2.05, 4.69) is 10.1 Å². The first-order valence-corrected chi connectivity index (χ1v) is 16.1. The van der Waals surface area contributed by atoms with Crippen LogP contribution < -0.4 is 9.47 Å². The molecule has 0 amide bonds. The van der Waals surface area contributed by atoms with E-state index >= 15 is 0 Å². The topological polar surface area (TPSA) is 96.6 Å². The van der Waals surface area contributed by atoms with Crippen LogP contribution in [0.5, 0.6) is 11.5 Å². The van der Waals surface area contributed by atoms with Crippen molar-refractivity contribution in [2.45, 2.75) is 57.2 Å². The van der Waals surface area contributed by atoms with Crippen LogP contribution in [0.4, 0.5) is 13.2 Å². The molecule has 0 saturated carbocycles. The summed E-state index contributed by atoms with van der Waals surface area (Å²) in [6.45, 7) is 7.41. The highest BCUT2D eigenvalue weighted by atomic mass is 32.2. The molecule has 3 aromatic carbocycles. The molecule has 240 valence electrons. The number of esters is 1. The van der Waals surface area contributed by atoms with Gasteiger partial charge in [-0.2, -0.15) is 18.2 Å². The van der Waals surface area contributed by atoms with Gasteiger partial charge >= 0.3 is 12.1 Å². The number of benzene rings is 3. The van der Waals surface area contributed by atoms with Crippen LogP contribution in [-0.4, -0.2) is 33.8 Å². The second kappa shape index (κ2) is 14.4. The number of halogens is 3. The number of hydrogen-bond acceptors (Lipinski definition) is 10. The van der Waals surface area contributed by atoms with Crippen LogP contribution in [0.2, 0.25) is 0 Å². The van der Waals surface area contributed by atoms with E-state index in [0.717, 1.165) is 33.0 Å². The van der Waals surface area contributed by atoms with Gasteiger partial charge in [0.05, 0.1) is 17.9 Å². The summed E-state index contributed by atoms with van der Waals surface area (Å²) in [5.41, 5.74) is 2.12. The van der Waals surface area contributed by atoms with E-state index in [1.54, 1.807) is 38.6 Å². The number of alkyl halides is 3. The molecule has 2 heterocycles. The molecule has 0 bridgehead atoms. The highest BCUT2D eigenvalue weighted by molar-refractivity contribution is 7.98. The first-order chi connectivity index (χ1) is 22.0. The Kier molecular flexibility index (Phi) is 10.3. The number of nitrogens with zero attached hydrogens (tertiary/aromatic N) is 3. The molecule has 0 aliphatic carbocycles.